The van der Waals surface area contributed by atoms with Crippen molar-refractivity contribution in [2.24, 2.45) is 0 Å². The van der Waals surface area contributed by atoms with Gasteiger partial charge in [-0.2, -0.15) is 4.98 Å². The van der Waals surface area contributed by atoms with Crippen molar-refractivity contribution in [3.8, 4) is 11.1 Å². The minimum Gasteiger partial charge on any atom is -0.368 e. The normalized spacial score (nSPS) is 15.7. The van der Waals surface area contributed by atoms with Gasteiger partial charge in [-0.05, 0) is 41.8 Å². The van der Waals surface area contributed by atoms with Gasteiger partial charge in [0.05, 0.1) is 26.7 Å². The Labute approximate surface area is 170 Å². The zero-order valence-electron chi connectivity index (χ0n) is 14.6. The highest BCUT2D eigenvalue weighted by molar-refractivity contribution is 7.93. The Bertz CT molecular complexity index is 1110. The van der Waals surface area contributed by atoms with Crippen molar-refractivity contribution in [1.82, 2.24) is 15.2 Å². The van der Waals surface area contributed by atoms with Gasteiger partial charge in [0.1, 0.15) is 0 Å². The Kier molecular flexibility index (Phi) is 4.77. The van der Waals surface area contributed by atoms with Crippen LogP contribution in [0.2, 0.25) is 5.02 Å². The van der Waals surface area contributed by atoms with Crippen LogP contribution in [0.4, 0.5) is 23.3 Å². The molecule has 4 rings (SSSR count). The number of halogens is 1. The Morgan fingerprint density at radius 2 is 2.00 bits per heavy atom. The van der Waals surface area contributed by atoms with Crippen molar-refractivity contribution in [3.05, 3.63) is 41.4 Å². The van der Waals surface area contributed by atoms with Crippen LogP contribution < -0.4 is 20.5 Å². The van der Waals surface area contributed by atoms with E-state index in [0.29, 0.717) is 35.3 Å². The van der Waals surface area contributed by atoms with E-state index in [1.807, 2.05) is 18.2 Å². The third kappa shape index (κ3) is 3.58. The maximum atomic E-state index is 12.1. The van der Waals surface area contributed by atoms with E-state index in [1.54, 1.807) is 18.2 Å². The zero-order valence-corrected chi connectivity index (χ0v) is 17.2. The quantitative estimate of drug-likeness (QED) is 0.542. The average molecular weight is 432 g/mol. The van der Waals surface area contributed by atoms with Crippen LogP contribution in [0, 0.1) is 0 Å². The molecule has 28 heavy (non-hydrogen) atoms. The minimum atomic E-state index is -3.20. The molecule has 143 valence electrons. The van der Waals surface area contributed by atoms with Gasteiger partial charge in [-0.15, -0.1) is 5.10 Å². The molecule has 0 atom stereocenters. The molecule has 2 heterocycles. The third-order valence-electron chi connectivity index (χ3n) is 4.39. The third-order valence-corrected chi connectivity index (χ3v) is 6.95. The molecule has 1 saturated heterocycles. The summed E-state index contributed by atoms with van der Waals surface area (Å²) in [7, 11) is 0.410. The molecule has 1 fully saturated rings. The van der Waals surface area contributed by atoms with E-state index in [0.717, 1.165) is 16.3 Å². The first-order chi connectivity index (χ1) is 13.3. The van der Waals surface area contributed by atoms with E-state index in [-0.39, 0.29) is 11.7 Å². The number of H-pyrrole nitrogens is 1. The highest BCUT2D eigenvalue weighted by Crippen LogP contribution is 2.32. The summed E-state index contributed by atoms with van der Waals surface area (Å²) in [4.78, 5) is 3.99. The smallest absolute Gasteiger partial charge is 0.248 e. The predicted molar refractivity (Wildman–Crippen MR) is 112 cm³/mol. The van der Waals surface area contributed by atoms with Gasteiger partial charge in [-0.1, -0.05) is 28.9 Å². The zero-order chi connectivity index (χ0) is 19.9. The second-order valence-corrected chi connectivity index (χ2v) is 9.30. The number of anilines is 4. The molecule has 11 heteroatoms. The summed E-state index contributed by atoms with van der Waals surface area (Å²) in [5.41, 5.74) is 8.54. The summed E-state index contributed by atoms with van der Waals surface area (Å²) in [6.07, 6.45) is 0.645. The number of nitrogens with zero attached hydrogens (tertiary/aromatic N) is 3. The molecule has 0 aliphatic carbocycles. The Balaban J connectivity index is 1.62. The molecule has 4 N–H and O–H groups in total. The molecule has 3 radical (unpaired) electrons. The number of nitrogens with one attached hydrogen (secondary N) is 2. The maximum absolute atomic E-state index is 12.1. The topological polar surface area (TPSA) is 117 Å². The van der Waals surface area contributed by atoms with Gasteiger partial charge < -0.3 is 11.1 Å². The van der Waals surface area contributed by atoms with Crippen LogP contribution >= 0.6 is 11.6 Å². The average Bonchev–Trinajstić information content (AvgIpc) is 3.19. The lowest BCUT2D eigenvalue weighted by Gasteiger charge is -2.18. The van der Waals surface area contributed by atoms with Crippen LogP contribution in [0.25, 0.3) is 11.1 Å². The predicted octanol–water partition coefficient (Wildman–Crippen LogP) is 1.78. The van der Waals surface area contributed by atoms with Gasteiger partial charge in [0, 0.05) is 12.2 Å². The molecule has 0 unspecified atom stereocenters. The van der Waals surface area contributed by atoms with Crippen LogP contribution in [0.1, 0.15) is 6.42 Å². The maximum Gasteiger partial charge on any atom is 0.248 e. The van der Waals surface area contributed by atoms with E-state index < -0.39 is 10.0 Å². The molecule has 0 amide bonds. The number of hydrogen-bond donors (Lipinski definition) is 3. The number of aromatic nitrogens is 3. The number of hydrogen-bond acceptors (Lipinski definition) is 6. The molecule has 1 aromatic heterocycles. The van der Waals surface area contributed by atoms with Crippen molar-refractivity contribution in [2.45, 2.75) is 6.42 Å². The van der Waals surface area contributed by atoms with Gasteiger partial charge in [0.2, 0.25) is 21.9 Å². The Hall–Kier alpha value is -2.56. The van der Waals surface area contributed by atoms with Gasteiger partial charge in [0.25, 0.3) is 0 Å². The summed E-state index contributed by atoms with van der Waals surface area (Å²) in [6.45, 7) is 0.512. The fraction of sp³-hybridized carbons (Fsp3) is 0.176. The molecule has 3 aromatic rings. The summed E-state index contributed by atoms with van der Waals surface area (Å²) in [5.74, 6) is 0.740. The Morgan fingerprint density at radius 3 is 2.57 bits per heavy atom. The number of sulfonamides is 1. The van der Waals surface area contributed by atoms with Crippen molar-refractivity contribution < 1.29 is 8.42 Å². The number of rotatable bonds is 4. The lowest BCUT2D eigenvalue weighted by atomic mass is 10.0. The first kappa shape index (κ1) is 18.8. The van der Waals surface area contributed by atoms with E-state index >= 15 is 0 Å². The van der Waals surface area contributed by atoms with E-state index in [2.05, 4.69) is 30.7 Å². The molecular formula is C17H16ClN6O2SSi. The van der Waals surface area contributed by atoms with Gasteiger partial charge in [-0.25, -0.2) is 13.5 Å². The first-order valence-corrected chi connectivity index (χ1v) is 10.9. The second-order valence-electron chi connectivity index (χ2n) is 6.34. The molecule has 1 aliphatic rings. The summed E-state index contributed by atoms with van der Waals surface area (Å²) in [6, 6.07) is 10.9. The van der Waals surface area contributed by atoms with Gasteiger partial charge in [-0.3, -0.25) is 4.31 Å². The fourth-order valence-electron chi connectivity index (χ4n) is 3.16. The van der Waals surface area contributed by atoms with Crippen LogP contribution in [0.15, 0.2) is 36.4 Å². The lowest BCUT2D eigenvalue weighted by Crippen LogP contribution is -2.24. The molecule has 2 aromatic carbocycles. The van der Waals surface area contributed by atoms with Gasteiger partial charge >= 0.3 is 0 Å². The number of nitrogens with two attached hydrogens (primary N) is 1. The highest BCUT2D eigenvalue weighted by atomic mass is 35.5. The Morgan fingerprint density at radius 1 is 1.25 bits per heavy atom. The lowest BCUT2D eigenvalue weighted by molar-refractivity contribution is 0.599. The number of aromatic amines is 1. The monoisotopic (exact) mass is 431 g/mol. The minimum absolute atomic E-state index is 0.191. The van der Waals surface area contributed by atoms with Crippen molar-refractivity contribution in [1.29, 1.82) is 0 Å². The number of benzene rings is 2. The van der Waals surface area contributed by atoms with Crippen molar-refractivity contribution in [2.75, 3.05) is 27.7 Å². The summed E-state index contributed by atoms with van der Waals surface area (Å²) >= 11 is 6.50. The SMILES string of the molecule is Nc1nc(Nc2cc([Si])c(-c3ccc(N4CCCS4(=O)=O)cc3)c(Cl)c2)n[nH]1. The molecule has 0 bridgehead atoms. The molecule has 1 aliphatic heterocycles. The van der Waals surface area contributed by atoms with E-state index in [9.17, 15) is 8.42 Å². The van der Waals surface area contributed by atoms with Crippen molar-refractivity contribution >= 4 is 60.3 Å². The molecule has 0 saturated carbocycles. The second kappa shape index (κ2) is 7.11. The van der Waals surface area contributed by atoms with Crippen LogP contribution in [-0.2, 0) is 10.0 Å². The molecular weight excluding hydrogens is 416 g/mol. The fourth-order valence-corrected chi connectivity index (χ4v) is 5.56. The van der Waals surface area contributed by atoms with Crippen LogP contribution in [-0.4, -0.2) is 46.1 Å². The summed E-state index contributed by atoms with van der Waals surface area (Å²) in [5, 5.41) is 10.8. The van der Waals surface area contributed by atoms with Crippen molar-refractivity contribution in [3.63, 3.8) is 0 Å². The first-order valence-electron chi connectivity index (χ1n) is 8.44. The molecule has 0 spiro atoms. The van der Waals surface area contributed by atoms with Crippen LogP contribution in [0.3, 0.4) is 0 Å². The van der Waals surface area contributed by atoms with Gasteiger partial charge in [0.15, 0.2) is 0 Å². The van der Waals surface area contributed by atoms with E-state index in [4.69, 9.17) is 17.3 Å². The number of nitrogen functional groups attached to an aromatic ring is 1. The molecule has 8 nitrogen and oxygen atoms in total. The summed E-state index contributed by atoms with van der Waals surface area (Å²) < 4.78 is 25.6. The largest absolute Gasteiger partial charge is 0.368 e. The van der Waals surface area contributed by atoms with Crippen LogP contribution in [0.5, 0.6) is 0 Å². The van der Waals surface area contributed by atoms with E-state index in [1.165, 1.54) is 4.31 Å². The highest BCUT2D eigenvalue weighted by Gasteiger charge is 2.28. The standard InChI is InChI=1S/C17H16ClN6O2SSi/c18-13-8-11(20-17-21-16(19)22-23-17)9-14(28)15(13)10-2-4-12(5-3-10)24-6-1-7-27(24,25)26/h2-5,8-9H,1,6-7H2,(H4,19,20,21,22,23).